The van der Waals surface area contributed by atoms with Crippen molar-refractivity contribution in [1.29, 1.82) is 0 Å². The molecule has 4 rings (SSSR count). The third kappa shape index (κ3) is 2.58. The predicted octanol–water partition coefficient (Wildman–Crippen LogP) is 1.89. The molecule has 1 unspecified atom stereocenters. The van der Waals surface area contributed by atoms with Crippen molar-refractivity contribution in [2.45, 2.75) is 31.6 Å². The molecule has 2 N–H and O–H groups in total. The number of piperidine rings is 1. The summed E-state index contributed by atoms with van der Waals surface area (Å²) in [5.74, 6) is 0. The number of hydrogen-bond acceptors (Lipinski definition) is 6. The maximum absolute atomic E-state index is 12.0. The summed E-state index contributed by atoms with van der Waals surface area (Å²) < 4.78 is 6.14. The van der Waals surface area contributed by atoms with Crippen LogP contribution in [0.3, 0.4) is 0 Å². The van der Waals surface area contributed by atoms with Gasteiger partial charge in [-0.15, -0.1) is 11.3 Å². The Morgan fingerprint density at radius 3 is 3.30 bits per heavy atom. The molecule has 7 heteroatoms. The number of nitrogens with zero attached hydrogens (tertiary/aromatic N) is 2. The minimum absolute atomic E-state index is 0.0161. The van der Waals surface area contributed by atoms with Gasteiger partial charge in [-0.25, -0.2) is 4.98 Å². The van der Waals surface area contributed by atoms with Gasteiger partial charge in [0.1, 0.15) is 5.60 Å². The number of nitrogens with one attached hydrogen (secondary N) is 2. The summed E-state index contributed by atoms with van der Waals surface area (Å²) in [6, 6.07) is 2.01. The number of rotatable bonds is 3. The van der Waals surface area contributed by atoms with Crippen LogP contribution in [0.2, 0.25) is 0 Å². The van der Waals surface area contributed by atoms with Gasteiger partial charge in [-0.3, -0.25) is 9.69 Å². The van der Waals surface area contributed by atoms with Crippen LogP contribution in [0.25, 0.3) is 0 Å². The molecule has 2 aromatic rings. The fraction of sp³-hybridized carbons (Fsp3) is 0.500. The number of ether oxygens (including phenoxy) is 1. The Hall–Kier alpha value is -1.70. The van der Waals surface area contributed by atoms with Crippen molar-refractivity contribution >= 4 is 16.5 Å². The summed E-state index contributed by atoms with van der Waals surface area (Å²) in [6.45, 7) is 3.18. The quantitative estimate of drug-likeness (QED) is 0.898. The molecule has 2 aliphatic rings. The number of anilines is 1. The topological polar surface area (TPSA) is 70.2 Å². The molecule has 1 fully saturated rings. The van der Waals surface area contributed by atoms with E-state index in [1.807, 2.05) is 19.3 Å². The molecular weight excluding hydrogens is 312 g/mol. The van der Waals surface area contributed by atoms with E-state index in [9.17, 15) is 4.79 Å². The molecule has 0 aliphatic carbocycles. The number of fused-ring (bicyclic) bond motifs is 2. The van der Waals surface area contributed by atoms with Gasteiger partial charge in [-0.2, -0.15) is 0 Å². The summed E-state index contributed by atoms with van der Waals surface area (Å²) in [5, 5.41) is 4.02. The number of H-pyrrole nitrogens is 1. The van der Waals surface area contributed by atoms with Crippen molar-refractivity contribution in [3.05, 3.63) is 44.8 Å². The van der Waals surface area contributed by atoms with Crippen LogP contribution in [0.4, 0.5) is 5.13 Å². The van der Waals surface area contributed by atoms with Gasteiger partial charge in [0.15, 0.2) is 5.13 Å². The highest BCUT2D eigenvalue weighted by molar-refractivity contribution is 7.15. The van der Waals surface area contributed by atoms with E-state index >= 15 is 0 Å². The molecule has 2 aromatic heterocycles. The minimum Gasteiger partial charge on any atom is -0.365 e. The molecule has 0 radical (unpaired) electrons. The maximum atomic E-state index is 12.0. The zero-order chi connectivity index (χ0) is 15.9. The van der Waals surface area contributed by atoms with Crippen molar-refractivity contribution in [1.82, 2.24) is 14.9 Å². The van der Waals surface area contributed by atoms with E-state index in [1.165, 1.54) is 4.88 Å². The van der Waals surface area contributed by atoms with Gasteiger partial charge in [0, 0.05) is 43.0 Å². The molecule has 0 saturated carbocycles. The number of pyridine rings is 1. The Labute approximate surface area is 138 Å². The van der Waals surface area contributed by atoms with Gasteiger partial charge in [0.2, 0.25) is 0 Å². The second kappa shape index (κ2) is 5.74. The summed E-state index contributed by atoms with van der Waals surface area (Å²) in [4.78, 5) is 22.7. The van der Waals surface area contributed by atoms with Gasteiger partial charge >= 0.3 is 0 Å². The molecule has 1 saturated heterocycles. The monoisotopic (exact) mass is 332 g/mol. The van der Waals surface area contributed by atoms with Crippen molar-refractivity contribution in [2.75, 3.05) is 25.5 Å². The lowest BCUT2D eigenvalue weighted by atomic mass is 9.85. The van der Waals surface area contributed by atoms with Crippen LogP contribution in [-0.2, 0) is 23.5 Å². The van der Waals surface area contributed by atoms with Crippen LogP contribution in [0.5, 0.6) is 0 Å². The van der Waals surface area contributed by atoms with E-state index in [4.69, 9.17) is 4.74 Å². The smallest absolute Gasteiger partial charge is 0.253 e. The maximum Gasteiger partial charge on any atom is 0.253 e. The number of aromatic nitrogens is 2. The first-order chi connectivity index (χ1) is 11.2. The van der Waals surface area contributed by atoms with Gasteiger partial charge in [0.05, 0.1) is 6.61 Å². The van der Waals surface area contributed by atoms with Crippen LogP contribution in [0.1, 0.15) is 28.8 Å². The fourth-order valence-corrected chi connectivity index (χ4v) is 4.47. The summed E-state index contributed by atoms with van der Waals surface area (Å²) in [7, 11) is 1.89. The molecule has 0 bridgehead atoms. The highest BCUT2D eigenvalue weighted by Crippen LogP contribution is 2.42. The number of thiazole rings is 1. The molecule has 23 heavy (non-hydrogen) atoms. The average Bonchev–Trinajstić information content (AvgIpc) is 3.14. The lowest BCUT2D eigenvalue weighted by Crippen LogP contribution is -2.45. The highest BCUT2D eigenvalue weighted by Gasteiger charge is 2.44. The van der Waals surface area contributed by atoms with E-state index in [-0.39, 0.29) is 11.2 Å². The van der Waals surface area contributed by atoms with Crippen molar-refractivity contribution in [2.24, 2.45) is 0 Å². The molecular formula is C16H20N4O2S. The van der Waals surface area contributed by atoms with E-state index in [0.29, 0.717) is 6.61 Å². The predicted molar refractivity (Wildman–Crippen MR) is 89.7 cm³/mol. The summed E-state index contributed by atoms with van der Waals surface area (Å²) in [5.41, 5.74) is 1.53. The first-order valence-electron chi connectivity index (χ1n) is 7.90. The van der Waals surface area contributed by atoms with Gasteiger partial charge < -0.3 is 15.0 Å². The third-order valence-electron chi connectivity index (χ3n) is 4.73. The first kappa shape index (κ1) is 14.9. The van der Waals surface area contributed by atoms with Gasteiger partial charge in [0.25, 0.3) is 5.56 Å². The van der Waals surface area contributed by atoms with Crippen LogP contribution >= 0.6 is 11.3 Å². The summed E-state index contributed by atoms with van der Waals surface area (Å²) in [6.07, 6.45) is 5.72. The molecule has 0 amide bonds. The molecule has 6 nitrogen and oxygen atoms in total. The van der Waals surface area contributed by atoms with Crippen LogP contribution in [0, 0.1) is 0 Å². The molecule has 122 valence electrons. The molecule has 4 heterocycles. The van der Waals surface area contributed by atoms with E-state index < -0.39 is 0 Å². The van der Waals surface area contributed by atoms with Gasteiger partial charge in [-0.1, -0.05) is 0 Å². The normalized spacial score (nSPS) is 24.0. The van der Waals surface area contributed by atoms with Crippen molar-refractivity contribution in [3.63, 3.8) is 0 Å². The Bertz CT molecular complexity index is 771. The highest BCUT2D eigenvalue weighted by atomic mass is 32.1. The second-order valence-electron chi connectivity index (χ2n) is 6.18. The number of likely N-dealkylation sites (tertiary alicyclic amines) is 1. The molecule has 1 spiro atoms. The Morgan fingerprint density at radius 1 is 1.57 bits per heavy atom. The van der Waals surface area contributed by atoms with E-state index in [2.05, 4.69) is 20.2 Å². The molecule has 1 atom stereocenters. The standard InChI is InChI=1S/C16H20N4O2S/c1-17-15-19-7-11(23-15)8-20-6-2-4-16(10-20)13-3-5-18-14(21)12(13)9-22-16/h3,5,7H,2,4,6,8-10H2,1H3,(H,17,19)(H,18,21). The Kier molecular flexibility index (Phi) is 3.71. The van der Waals surface area contributed by atoms with Crippen LogP contribution < -0.4 is 10.9 Å². The number of aromatic amines is 1. The van der Waals surface area contributed by atoms with Crippen LogP contribution in [0.15, 0.2) is 23.3 Å². The summed E-state index contributed by atoms with van der Waals surface area (Å²) >= 11 is 1.69. The number of hydrogen-bond donors (Lipinski definition) is 2. The average molecular weight is 332 g/mol. The first-order valence-corrected chi connectivity index (χ1v) is 8.72. The van der Waals surface area contributed by atoms with Crippen LogP contribution in [-0.4, -0.2) is 35.0 Å². The largest absolute Gasteiger partial charge is 0.365 e. The zero-order valence-electron chi connectivity index (χ0n) is 13.1. The molecule has 0 aromatic carbocycles. The zero-order valence-corrected chi connectivity index (χ0v) is 13.9. The minimum atomic E-state index is -0.321. The lowest BCUT2D eigenvalue weighted by Gasteiger charge is -2.40. The fourth-order valence-electron chi connectivity index (χ4n) is 3.67. The van der Waals surface area contributed by atoms with E-state index in [1.54, 1.807) is 17.5 Å². The third-order valence-corrected chi connectivity index (χ3v) is 5.73. The lowest BCUT2D eigenvalue weighted by molar-refractivity contribution is -0.0870. The van der Waals surface area contributed by atoms with Crippen molar-refractivity contribution in [3.8, 4) is 0 Å². The van der Waals surface area contributed by atoms with Gasteiger partial charge in [-0.05, 0) is 31.0 Å². The Morgan fingerprint density at radius 2 is 2.48 bits per heavy atom. The second-order valence-corrected chi connectivity index (χ2v) is 7.29. The molecule has 2 aliphatic heterocycles. The van der Waals surface area contributed by atoms with E-state index in [0.717, 1.165) is 48.7 Å². The van der Waals surface area contributed by atoms with Crippen molar-refractivity contribution < 1.29 is 4.74 Å². The Balaban J connectivity index is 1.56. The SMILES string of the molecule is CNc1ncc(CN2CCCC3(C2)OCc2c3cc[nH]c2=O)s1.